The van der Waals surface area contributed by atoms with Crippen molar-refractivity contribution in [1.29, 1.82) is 0 Å². The van der Waals surface area contributed by atoms with E-state index in [9.17, 15) is 4.79 Å². The van der Waals surface area contributed by atoms with Gasteiger partial charge in [0.1, 0.15) is 0 Å². The van der Waals surface area contributed by atoms with E-state index in [0.717, 1.165) is 22.4 Å². The van der Waals surface area contributed by atoms with E-state index in [4.69, 9.17) is 0 Å². The van der Waals surface area contributed by atoms with Gasteiger partial charge in [0.2, 0.25) is 0 Å². The van der Waals surface area contributed by atoms with Gasteiger partial charge in [0, 0.05) is 11.3 Å². The zero-order valence-electron chi connectivity index (χ0n) is 9.97. The molecule has 3 rings (SSSR count). The molecule has 88 valence electrons. The lowest BCUT2D eigenvalue weighted by molar-refractivity contribution is 0.0987. The summed E-state index contributed by atoms with van der Waals surface area (Å²) in [7, 11) is 0. The molecule has 1 aliphatic rings. The summed E-state index contributed by atoms with van der Waals surface area (Å²) in [5.41, 5.74) is 3.60. The van der Waals surface area contributed by atoms with Gasteiger partial charge in [0.25, 0.3) is 5.91 Å². The van der Waals surface area contributed by atoms with Crippen LogP contribution in [0.3, 0.4) is 0 Å². The first-order valence-electron chi connectivity index (χ1n) is 5.91. The van der Waals surface area contributed by atoms with E-state index in [1.165, 1.54) is 0 Å². The van der Waals surface area contributed by atoms with E-state index < -0.39 is 0 Å². The topological polar surface area (TPSA) is 20.3 Å². The normalized spacial score (nSPS) is 14.6. The number of hydrogen-bond acceptors (Lipinski definition) is 1. The first-order chi connectivity index (χ1) is 8.77. The number of amides is 1. The van der Waals surface area contributed by atoms with E-state index in [-0.39, 0.29) is 5.91 Å². The molecule has 0 saturated carbocycles. The lowest BCUT2D eigenvalue weighted by Gasteiger charge is -2.30. The van der Waals surface area contributed by atoms with Gasteiger partial charge in [-0.05, 0) is 29.3 Å². The molecule has 1 aliphatic heterocycles. The highest BCUT2D eigenvalue weighted by Crippen LogP contribution is 2.29. The third kappa shape index (κ3) is 1.63. The van der Waals surface area contributed by atoms with Gasteiger partial charge in [-0.3, -0.25) is 4.79 Å². The van der Waals surface area contributed by atoms with Gasteiger partial charge in [-0.1, -0.05) is 43.0 Å². The molecule has 0 saturated heterocycles. The quantitative estimate of drug-likeness (QED) is 0.742. The van der Waals surface area contributed by atoms with Crippen LogP contribution in [0.25, 0.3) is 5.57 Å². The van der Waals surface area contributed by atoms with Crippen molar-refractivity contribution in [3.05, 3.63) is 72.3 Å². The van der Waals surface area contributed by atoms with Gasteiger partial charge < -0.3 is 4.90 Å². The van der Waals surface area contributed by atoms with Gasteiger partial charge in [-0.25, -0.2) is 0 Å². The van der Waals surface area contributed by atoms with Crippen LogP contribution in [0.2, 0.25) is 0 Å². The van der Waals surface area contributed by atoms with Crippen molar-refractivity contribution in [2.75, 3.05) is 11.4 Å². The summed E-state index contributed by atoms with van der Waals surface area (Å²) >= 11 is 0. The van der Waals surface area contributed by atoms with Gasteiger partial charge in [0.05, 0.1) is 6.54 Å². The van der Waals surface area contributed by atoms with Crippen LogP contribution < -0.4 is 4.90 Å². The number of anilines is 1. The van der Waals surface area contributed by atoms with Crippen LogP contribution in [0.5, 0.6) is 0 Å². The average molecular weight is 235 g/mol. The molecule has 0 N–H and O–H groups in total. The zero-order chi connectivity index (χ0) is 12.5. The number of rotatable bonds is 1. The molecule has 2 aromatic carbocycles. The first kappa shape index (κ1) is 10.8. The fourth-order valence-electron chi connectivity index (χ4n) is 2.29. The van der Waals surface area contributed by atoms with Crippen molar-refractivity contribution in [3.8, 4) is 0 Å². The molecule has 2 aromatic rings. The Morgan fingerprint density at radius 2 is 1.50 bits per heavy atom. The molecule has 0 fully saturated rings. The molecule has 1 amide bonds. The average Bonchev–Trinajstić information content (AvgIpc) is 2.44. The van der Waals surface area contributed by atoms with Crippen molar-refractivity contribution < 1.29 is 4.79 Å². The Kier molecular flexibility index (Phi) is 2.49. The maximum Gasteiger partial charge on any atom is 0.259 e. The second kappa shape index (κ2) is 4.15. The Hall–Kier alpha value is -2.35. The van der Waals surface area contributed by atoms with Crippen LogP contribution in [0.4, 0.5) is 5.69 Å². The van der Waals surface area contributed by atoms with Gasteiger partial charge in [-0.2, -0.15) is 0 Å². The Labute approximate surface area is 106 Å². The van der Waals surface area contributed by atoms with Crippen molar-refractivity contribution in [2.24, 2.45) is 0 Å². The van der Waals surface area contributed by atoms with E-state index in [2.05, 4.69) is 6.58 Å². The standard InChI is InChI=1S/C16H13NO/c1-12-11-17(13-7-3-2-4-8-13)16(18)15-10-6-5-9-14(12)15/h2-10H,1,11H2. The molecule has 0 aliphatic carbocycles. The Morgan fingerprint density at radius 1 is 0.889 bits per heavy atom. The summed E-state index contributed by atoms with van der Waals surface area (Å²) in [6, 6.07) is 17.3. The van der Waals surface area contributed by atoms with E-state index in [1.54, 1.807) is 4.90 Å². The van der Waals surface area contributed by atoms with Crippen LogP contribution in [0, 0.1) is 0 Å². The maximum absolute atomic E-state index is 12.4. The van der Waals surface area contributed by atoms with Crippen molar-refractivity contribution in [1.82, 2.24) is 0 Å². The number of carbonyl (C=O) groups excluding carboxylic acids is 1. The predicted octanol–water partition coefficient (Wildman–Crippen LogP) is 3.36. The minimum Gasteiger partial charge on any atom is -0.304 e. The molecule has 0 aromatic heterocycles. The summed E-state index contributed by atoms with van der Waals surface area (Å²) in [4.78, 5) is 14.2. The van der Waals surface area contributed by atoms with E-state index in [1.807, 2.05) is 54.6 Å². The van der Waals surface area contributed by atoms with E-state index in [0.29, 0.717) is 6.54 Å². The summed E-state index contributed by atoms with van der Waals surface area (Å²) in [5.74, 6) is 0.0456. The minimum atomic E-state index is 0.0456. The smallest absolute Gasteiger partial charge is 0.259 e. The fourth-order valence-corrected chi connectivity index (χ4v) is 2.29. The number of nitrogens with zero attached hydrogens (tertiary/aromatic N) is 1. The summed E-state index contributed by atoms with van der Waals surface area (Å²) < 4.78 is 0. The summed E-state index contributed by atoms with van der Waals surface area (Å²) in [5, 5.41) is 0. The fraction of sp³-hybridized carbons (Fsp3) is 0.0625. The van der Waals surface area contributed by atoms with Crippen molar-refractivity contribution >= 4 is 17.2 Å². The van der Waals surface area contributed by atoms with Gasteiger partial charge in [0.15, 0.2) is 0 Å². The molecule has 0 bridgehead atoms. The Morgan fingerprint density at radius 3 is 2.22 bits per heavy atom. The third-order valence-electron chi connectivity index (χ3n) is 3.20. The summed E-state index contributed by atoms with van der Waals surface area (Å²) in [6.45, 7) is 4.63. The zero-order valence-corrected chi connectivity index (χ0v) is 9.97. The highest BCUT2D eigenvalue weighted by Gasteiger charge is 2.26. The van der Waals surface area contributed by atoms with Gasteiger partial charge in [-0.15, -0.1) is 0 Å². The lowest BCUT2D eigenvalue weighted by atomic mass is 9.95. The number of fused-ring (bicyclic) bond motifs is 1. The molecule has 2 nitrogen and oxygen atoms in total. The minimum absolute atomic E-state index is 0.0456. The highest BCUT2D eigenvalue weighted by molar-refractivity contribution is 6.12. The molecular formula is C16H13NO. The number of benzene rings is 2. The lowest BCUT2D eigenvalue weighted by Crippen LogP contribution is -2.36. The van der Waals surface area contributed by atoms with Crippen molar-refractivity contribution in [2.45, 2.75) is 0 Å². The van der Waals surface area contributed by atoms with Crippen LogP contribution in [-0.4, -0.2) is 12.5 Å². The van der Waals surface area contributed by atoms with Crippen LogP contribution >= 0.6 is 0 Å². The first-order valence-corrected chi connectivity index (χ1v) is 5.91. The largest absolute Gasteiger partial charge is 0.304 e. The van der Waals surface area contributed by atoms with Crippen LogP contribution in [-0.2, 0) is 0 Å². The molecule has 2 heteroatoms. The monoisotopic (exact) mass is 235 g/mol. The van der Waals surface area contributed by atoms with Gasteiger partial charge >= 0.3 is 0 Å². The number of carbonyl (C=O) groups is 1. The number of hydrogen-bond donors (Lipinski definition) is 0. The van der Waals surface area contributed by atoms with E-state index >= 15 is 0 Å². The second-order valence-corrected chi connectivity index (χ2v) is 4.38. The van der Waals surface area contributed by atoms with Crippen LogP contribution in [0.15, 0.2) is 61.2 Å². The molecule has 0 spiro atoms. The van der Waals surface area contributed by atoms with Crippen LogP contribution in [0.1, 0.15) is 15.9 Å². The maximum atomic E-state index is 12.4. The Bertz CT molecular complexity index is 616. The summed E-state index contributed by atoms with van der Waals surface area (Å²) in [6.07, 6.45) is 0. The third-order valence-corrected chi connectivity index (χ3v) is 3.20. The molecule has 0 radical (unpaired) electrons. The SMILES string of the molecule is C=C1CN(c2ccccc2)C(=O)c2ccccc21. The Balaban J connectivity index is 2.08. The molecule has 18 heavy (non-hydrogen) atoms. The molecule has 0 atom stereocenters. The molecular weight excluding hydrogens is 222 g/mol. The number of para-hydroxylation sites is 1. The predicted molar refractivity (Wildman–Crippen MR) is 73.6 cm³/mol. The molecule has 1 heterocycles. The highest BCUT2D eigenvalue weighted by atomic mass is 16.2. The second-order valence-electron chi connectivity index (χ2n) is 4.38. The van der Waals surface area contributed by atoms with Crippen molar-refractivity contribution in [3.63, 3.8) is 0 Å². The molecule has 0 unspecified atom stereocenters.